The van der Waals surface area contributed by atoms with Gasteiger partial charge in [0, 0.05) is 35.1 Å². The summed E-state index contributed by atoms with van der Waals surface area (Å²) in [6, 6.07) is 41.5. The van der Waals surface area contributed by atoms with E-state index in [0.717, 1.165) is 21.1 Å². The number of rotatable bonds is 7. The third-order valence-electron chi connectivity index (χ3n) is 8.91. The van der Waals surface area contributed by atoms with Crippen molar-refractivity contribution in [3.8, 4) is 16.9 Å². The fraction of sp³-hybridized carbons (Fsp3) is 0.214. The van der Waals surface area contributed by atoms with Crippen LogP contribution in [0.15, 0.2) is 130 Å². The minimum atomic E-state index is -0.531. The number of aryl methyl sites for hydroxylation is 1. The Bertz CT molecular complexity index is 1860. The third kappa shape index (κ3) is 8.19. The summed E-state index contributed by atoms with van der Waals surface area (Å²) in [5.41, 5.74) is 9.05. The van der Waals surface area contributed by atoms with Crippen molar-refractivity contribution in [2.24, 2.45) is 0 Å². The molecule has 0 aromatic heterocycles. The number of piperidine rings is 1. The Kier molecular flexibility index (Phi) is 12.5. The molecule has 1 N–H and O–H groups in total. The zero-order chi connectivity index (χ0) is 33.7. The van der Waals surface area contributed by atoms with Crippen LogP contribution in [0.5, 0.6) is 5.75 Å². The maximum atomic E-state index is 11.9. The van der Waals surface area contributed by atoms with E-state index in [9.17, 15) is 9.90 Å². The maximum absolute atomic E-state index is 11.9. The molecule has 0 bridgehead atoms. The van der Waals surface area contributed by atoms with Gasteiger partial charge in [-0.2, -0.15) is 35.9 Å². The predicted molar refractivity (Wildman–Crippen MR) is 201 cm³/mol. The summed E-state index contributed by atoms with van der Waals surface area (Å²) in [6.07, 6.45) is 4.96. The number of hydrogen-bond acceptors (Lipinski definition) is 3. The molecule has 253 valence electrons. The minimum Gasteiger partial charge on any atom is -0.657 e. The first-order valence-corrected chi connectivity index (χ1v) is 17.8. The zero-order valence-electron chi connectivity index (χ0n) is 27.4. The molecule has 5 aromatic rings. The van der Waals surface area contributed by atoms with Gasteiger partial charge in [0.1, 0.15) is 5.75 Å². The van der Waals surface area contributed by atoms with Gasteiger partial charge >= 0.3 is 0 Å². The number of fused-ring (bicyclic) bond motifs is 3. The van der Waals surface area contributed by atoms with E-state index in [1.807, 2.05) is 24.3 Å². The van der Waals surface area contributed by atoms with Crippen molar-refractivity contribution in [1.82, 2.24) is 0 Å². The minimum absolute atomic E-state index is 0. The van der Waals surface area contributed by atoms with Gasteiger partial charge in [-0.25, -0.2) is 0 Å². The fourth-order valence-corrected chi connectivity index (χ4v) is 7.47. The van der Waals surface area contributed by atoms with Gasteiger partial charge < -0.3 is 15.2 Å². The van der Waals surface area contributed by atoms with Crippen molar-refractivity contribution in [3.63, 3.8) is 0 Å². The second kappa shape index (κ2) is 16.6. The predicted octanol–water partition coefficient (Wildman–Crippen LogP) is 11.4. The number of ether oxygens (including phenoxy) is 1. The molecule has 1 unspecified atom stereocenters. The fourth-order valence-electron chi connectivity index (χ4n) is 6.75. The number of nitrogens with zero attached hydrogens (tertiary/aromatic N) is 1. The molecule has 7 heteroatoms. The van der Waals surface area contributed by atoms with E-state index in [1.54, 1.807) is 0 Å². The van der Waals surface area contributed by atoms with E-state index in [2.05, 4.69) is 135 Å². The Labute approximate surface area is 319 Å². The third-order valence-corrected chi connectivity index (χ3v) is 9.90. The molecule has 0 spiro atoms. The Morgan fingerprint density at radius 3 is 2.04 bits per heavy atom. The van der Waals surface area contributed by atoms with Crippen LogP contribution in [0, 0.1) is 13.0 Å². The van der Waals surface area contributed by atoms with Crippen LogP contribution in [0.2, 0.25) is 0 Å². The van der Waals surface area contributed by atoms with E-state index < -0.39 is 5.41 Å². The van der Waals surface area contributed by atoms with Crippen LogP contribution in [-0.2, 0) is 30.3 Å². The molecule has 1 aliphatic heterocycles. The van der Waals surface area contributed by atoms with Gasteiger partial charge in [-0.05, 0) is 83.6 Å². The molecule has 4 nitrogen and oxygen atoms in total. The maximum Gasteiger partial charge on any atom is 0.196 e. The smallest absolute Gasteiger partial charge is 0.196 e. The standard InChI is InChI=1S/C31H24Br2O3.C11H13N.Ir/c1-19-3-5-21(6-4-19)31(22-7-11-26(12-8-22)36-18-25(35)15-20(2)34)29-16-23(32)9-13-27(29)28-14-10-24(33)17-30(28)31;1-2-6-10(7-3-1)11-8-4-5-9-12-11;/h3-17,34H,18H2,1-2H3;1-3,6,11H,4-5,8-9H2;/q;-2;/b20-15-;;. The van der Waals surface area contributed by atoms with E-state index in [0.29, 0.717) is 11.8 Å². The van der Waals surface area contributed by atoms with Crippen LogP contribution in [0.1, 0.15) is 65.6 Å². The normalized spacial score (nSPS) is 15.9. The summed E-state index contributed by atoms with van der Waals surface area (Å²) in [5.74, 6) is 0.274. The molecule has 2 aliphatic rings. The van der Waals surface area contributed by atoms with Gasteiger partial charge in [-0.15, -0.1) is 12.6 Å². The van der Waals surface area contributed by atoms with Crippen LogP contribution in [0.25, 0.3) is 16.4 Å². The number of carbonyl (C=O) groups is 1. The van der Waals surface area contributed by atoms with Crippen molar-refractivity contribution in [1.29, 1.82) is 0 Å². The Hall–Kier alpha value is -3.32. The second-order valence-corrected chi connectivity index (χ2v) is 14.1. The summed E-state index contributed by atoms with van der Waals surface area (Å²) >= 11 is 7.42. The van der Waals surface area contributed by atoms with Crippen LogP contribution < -0.4 is 4.74 Å². The molecule has 1 radical (unpaired) electrons. The van der Waals surface area contributed by atoms with Gasteiger partial charge in [0.25, 0.3) is 0 Å². The van der Waals surface area contributed by atoms with Crippen molar-refractivity contribution < 1.29 is 34.7 Å². The molecular weight excluding hydrogens is 918 g/mol. The monoisotopic (exact) mass is 954 g/mol. The number of halogens is 2. The first kappa shape index (κ1) is 36.9. The molecule has 1 atom stereocenters. The van der Waals surface area contributed by atoms with Gasteiger partial charge in [0.05, 0.1) is 11.2 Å². The number of benzene rings is 5. The number of carbonyl (C=O) groups excluding carboxylic acids is 1. The van der Waals surface area contributed by atoms with Crippen molar-refractivity contribution in [2.45, 2.75) is 44.6 Å². The van der Waals surface area contributed by atoms with Crippen LogP contribution in [-0.4, -0.2) is 24.0 Å². The van der Waals surface area contributed by atoms with E-state index in [4.69, 9.17) is 4.74 Å². The van der Waals surface area contributed by atoms with Crippen molar-refractivity contribution >= 4 is 37.6 Å². The molecule has 49 heavy (non-hydrogen) atoms. The number of aliphatic hydroxyl groups is 1. The van der Waals surface area contributed by atoms with Gasteiger partial charge in [-0.1, -0.05) is 105 Å². The molecule has 7 rings (SSSR count). The molecule has 5 aromatic carbocycles. The van der Waals surface area contributed by atoms with Gasteiger partial charge in [-0.3, -0.25) is 4.79 Å². The SMILES string of the molecule is C/C(O)=C/C(=O)COc1ccc(C2(c3ccc(C)cc3)c3cc(Br)ccc3-c3ccc(Br)cc32)cc1.[Ir].[c-]1ccccc1C1CCCC[N-]1. The first-order chi connectivity index (χ1) is 23.3. The van der Waals surface area contributed by atoms with Crippen molar-refractivity contribution in [2.75, 3.05) is 13.2 Å². The topological polar surface area (TPSA) is 60.6 Å². The van der Waals surface area contributed by atoms with Crippen LogP contribution >= 0.6 is 31.9 Å². The molecule has 1 heterocycles. The van der Waals surface area contributed by atoms with E-state index in [1.165, 1.54) is 71.2 Å². The molecule has 1 fully saturated rings. The first-order valence-electron chi connectivity index (χ1n) is 16.2. The molecule has 0 saturated carbocycles. The Morgan fingerprint density at radius 1 is 0.898 bits per heavy atom. The molecule has 1 aliphatic carbocycles. The average Bonchev–Trinajstić information content (AvgIpc) is 3.38. The quantitative estimate of drug-likeness (QED) is 0.0985. The molecule has 0 amide bonds. The van der Waals surface area contributed by atoms with Crippen LogP contribution in [0.4, 0.5) is 0 Å². The Morgan fingerprint density at radius 2 is 1.51 bits per heavy atom. The van der Waals surface area contributed by atoms with E-state index >= 15 is 0 Å². The summed E-state index contributed by atoms with van der Waals surface area (Å²) in [6.45, 7) is 4.46. The van der Waals surface area contributed by atoms with Gasteiger partial charge in [0.2, 0.25) is 0 Å². The average molecular weight is 956 g/mol. The molecule has 1 saturated heterocycles. The summed E-state index contributed by atoms with van der Waals surface area (Å²) in [7, 11) is 0. The number of aliphatic hydroxyl groups excluding tert-OH is 1. The van der Waals surface area contributed by atoms with Gasteiger partial charge in [0.15, 0.2) is 12.4 Å². The number of ketones is 1. The zero-order valence-corrected chi connectivity index (χ0v) is 32.9. The summed E-state index contributed by atoms with van der Waals surface area (Å²) in [5, 5.41) is 13.9. The van der Waals surface area contributed by atoms with E-state index in [-0.39, 0.29) is 38.3 Å². The Balaban J connectivity index is 0.000000303. The largest absolute Gasteiger partial charge is 0.657 e. The molecular formula is C42H37Br2IrNO3-2. The van der Waals surface area contributed by atoms with Crippen LogP contribution in [0.3, 0.4) is 0 Å². The number of hydrogen-bond donors (Lipinski definition) is 1. The second-order valence-electron chi connectivity index (χ2n) is 12.3. The number of allylic oxidation sites excluding steroid dienone is 1. The summed E-state index contributed by atoms with van der Waals surface area (Å²) in [4.78, 5) is 11.9. The summed E-state index contributed by atoms with van der Waals surface area (Å²) < 4.78 is 7.74. The van der Waals surface area contributed by atoms with Crippen molar-refractivity contribution in [3.05, 3.63) is 175 Å².